The molecule has 9 heteroatoms. The predicted molar refractivity (Wildman–Crippen MR) is 137 cm³/mol. The molecule has 5 aromatic rings. The Bertz CT molecular complexity index is 1580. The van der Waals surface area contributed by atoms with Crippen molar-refractivity contribution in [2.45, 2.75) is 0 Å². The molecule has 0 saturated heterocycles. The summed E-state index contributed by atoms with van der Waals surface area (Å²) in [6, 6.07) is 21.5. The van der Waals surface area contributed by atoms with E-state index in [-0.39, 0.29) is 17.0 Å². The number of carbonyl (C=O) groups excluding carboxylic acids is 1. The number of rotatable bonds is 6. The first kappa shape index (κ1) is 22.3. The van der Waals surface area contributed by atoms with Gasteiger partial charge in [-0.25, -0.2) is 4.98 Å². The quantitative estimate of drug-likeness (QED) is 0.257. The van der Waals surface area contributed by atoms with Gasteiger partial charge in [0.2, 0.25) is 5.13 Å². The van der Waals surface area contributed by atoms with Crippen molar-refractivity contribution in [3.8, 4) is 17.2 Å². The van der Waals surface area contributed by atoms with Crippen molar-refractivity contribution in [3.63, 3.8) is 0 Å². The van der Waals surface area contributed by atoms with Gasteiger partial charge in [0.15, 0.2) is 5.75 Å². The normalized spacial score (nSPS) is 11.3. The molecule has 0 atom stereocenters. The Labute approximate surface area is 204 Å². The number of nitrogens with zero attached hydrogens (tertiary/aromatic N) is 3. The van der Waals surface area contributed by atoms with Crippen LogP contribution in [-0.4, -0.2) is 30.2 Å². The zero-order valence-corrected chi connectivity index (χ0v) is 19.7. The van der Waals surface area contributed by atoms with E-state index in [0.29, 0.717) is 27.7 Å². The summed E-state index contributed by atoms with van der Waals surface area (Å²) in [5, 5.41) is 24.2. The molecule has 0 aliphatic carbocycles. The minimum atomic E-state index is -0.470. The first-order valence-electron chi connectivity index (χ1n) is 10.6. The number of hydrogen-bond acceptors (Lipinski definition) is 8. The average molecular weight is 485 g/mol. The Morgan fingerprint density at radius 2 is 1.69 bits per heavy atom. The number of anilines is 1. The summed E-state index contributed by atoms with van der Waals surface area (Å²) < 4.78 is 11.3. The first-order chi connectivity index (χ1) is 17.1. The van der Waals surface area contributed by atoms with E-state index in [1.807, 2.05) is 42.5 Å². The highest BCUT2D eigenvalue weighted by molar-refractivity contribution is 7.21. The molecule has 2 N–H and O–H groups in total. The van der Waals surface area contributed by atoms with Crippen LogP contribution in [0.2, 0.25) is 0 Å². The van der Waals surface area contributed by atoms with Gasteiger partial charge in [-0.2, -0.15) is 0 Å². The Hall–Kier alpha value is -4.50. The number of benzene rings is 4. The number of carbonyl (C=O) groups is 1. The van der Waals surface area contributed by atoms with E-state index in [9.17, 15) is 9.90 Å². The number of aromatic nitrogens is 1. The number of amides is 1. The fourth-order valence-corrected chi connectivity index (χ4v) is 4.39. The van der Waals surface area contributed by atoms with E-state index in [0.717, 1.165) is 15.6 Å². The van der Waals surface area contributed by atoms with Crippen LogP contribution in [0, 0.1) is 0 Å². The molecule has 8 nitrogen and oxygen atoms in total. The van der Waals surface area contributed by atoms with Crippen LogP contribution in [0.25, 0.3) is 21.0 Å². The maximum atomic E-state index is 13.0. The second-order valence-electron chi connectivity index (χ2n) is 7.56. The molecule has 1 amide bonds. The number of fused-ring (bicyclic) bond motifs is 2. The zero-order chi connectivity index (χ0) is 24.4. The number of phenols is 1. The van der Waals surface area contributed by atoms with Crippen molar-refractivity contribution < 1.29 is 19.4 Å². The highest BCUT2D eigenvalue weighted by Gasteiger charge is 2.19. The molecule has 1 heterocycles. The Kier molecular flexibility index (Phi) is 5.99. The number of ether oxygens (including phenoxy) is 2. The van der Waals surface area contributed by atoms with Gasteiger partial charge in [-0.15, -0.1) is 10.2 Å². The van der Waals surface area contributed by atoms with Gasteiger partial charge in [0.1, 0.15) is 17.2 Å². The standard InChI is InChI=1S/C26H20N4O4S/c1-33-17-9-7-16(8-10-17)27-25(32)20-13-15-5-3-4-6-19(15)23(24(20)31)29-30-26-28-21-14-18(34-2)11-12-22(21)35-26/h3-14,31H,1-2H3,(H,27,32). The van der Waals surface area contributed by atoms with Crippen LogP contribution in [0.5, 0.6) is 17.2 Å². The summed E-state index contributed by atoms with van der Waals surface area (Å²) in [7, 11) is 3.17. The molecule has 0 aliphatic rings. The maximum absolute atomic E-state index is 13.0. The van der Waals surface area contributed by atoms with E-state index in [1.165, 1.54) is 11.3 Å². The smallest absolute Gasteiger partial charge is 0.259 e. The first-order valence-corrected chi connectivity index (χ1v) is 11.4. The van der Waals surface area contributed by atoms with Crippen LogP contribution in [0.1, 0.15) is 10.4 Å². The van der Waals surface area contributed by atoms with E-state index in [1.54, 1.807) is 44.6 Å². The number of aromatic hydroxyl groups is 1. The van der Waals surface area contributed by atoms with Gasteiger partial charge in [0.05, 0.1) is 30.0 Å². The summed E-state index contributed by atoms with van der Waals surface area (Å²) in [6.45, 7) is 0. The number of thiazole rings is 1. The molecule has 0 bridgehead atoms. The second-order valence-corrected chi connectivity index (χ2v) is 8.56. The van der Waals surface area contributed by atoms with Gasteiger partial charge in [-0.1, -0.05) is 35.6 Å². The monoisotopic (exact) mass is 484 g/mol. The van der Waals surface area contributed by atoms with Crippen molar-refractivity contribution >= 4 is 54.7 Å². The van der Waals surface area contributed by atoms with Gasteiger partial charge in [0, 0.05) is 17.1 Å². The number of phenolic OH excluding ortho intramolecular Hbond substituents is 1. The van der Waals surface area contributed by atoms with Gasteiger partial charge in [0.25, 0.3) is 5.91 Å². The third-order valence-electron chi connectivity index (χ3n) is 5.41. The fraction of sp³-hybridized carbons (Fsp3) is 0.0769. The summed E-state index contributed by atoms with van der Waals surface area (Å²) in [5.41, 5.74) is 1.59. The number of nitrogens with one attached hydrogen (secondary N) is 1. The Morgan fingerprint density at radius 3 is 2.46 bits per heavy atom. The molecule has 0 fully saturated rings. The average Bonchev–Trinajstić information content (AvgIpc) is 3.30. The lowest BCUT2D eigenvalue weighted by Crippen LogP contribution is -2.12. The molecular formula is C26H20N4O4S. The molecule has 174 valence electrons. The SMILES string of the molecule is COc1ccc(NC(=O)c2cc3ccccc3c(N=Nc3nc4cc(OC)ccc4s3)c2O)cc1. The van der Waals surface area contributed by atoms with E-state index < -0.39 is 5.91 Å². The van der Waals surface area contributed by atoms with Crippen LogP contribution >= 0.6 is 11.3 Å². The molecular weight excluding hydrogens is 464 g/mol. The van der Waals surface area contributed by atoms with Crippen molar-refractivity contribution in [1.82, 2.24) is 4.98 Å². The molecule has 35 heavy (non-hydrogen) atoms. The minimum absolute atomic E-state index is 0.0857. The number of methoxy groups -OCH3 is 2. The maximum Gasteiger partial charge on any atom is 0.259 e. The molecule has 5 rings (SSSR count). The topological polar surface area (TPSA) is 105 Å². The Morgan fingerprint density at radius 1 is 0.943 bits per heavy atom. The van der Waals surface area contributed by atoms with Crippen molar-refractivity contribution in [3.05, 3.63) is 78.4 Å². The Balaban J connectivity index is 1.52. The van der Waals surface area contributed by atoms with Gasteiger partial charge < -0.3 is 19.9 Å². The number of hydrogen-bond donors (Lipinski definition) is 2. The van der Waals surface area contributed by atoms with E-state index in [4.69, 9.17) is 9.47 Å². The third kappa shape index (κ3) is 4.49. The highest BCUT2D eigenvalue weighted by Crippen LogP contribution is 2.40. The van der Waals surface area contributed by atoms with Crippen LogP contribution < -0.4 is 14.8 Å². The second kappa shape index (κ2) is 9.40. The van der Waals surface area contributed by atoms with Crippen LogP contribution in [0.4, 0.5) is 16.5 Å². The largest absolute Gasteiger partial charge is 0.505 e. The van der Waals surface area contributed by atoms with Gasteiger partial charge in [-0.3, -0.25) is 4.79 Å². The third-order valence-corrected chi connectivity index (χ3v) is 6.33. The predicted octanol–water partition coefficient (Wildman–Crippen LogP) is 6.84. The number of azo groups is 1. The van der Waals surface area contributed by atoms with Crippen molar-refractivity contribution in [2.24, 2.45) is 10.2 Å². The summed E-state index contributed by atoms with van der Waals surface area (Å²) in [6.07, 6.45) is 0. The molecule has 0 spiro atoms. The molecule has 0 radical (unpaired) electrons. The van der Waals surface area contributed by atoms with E-state index >= 15 is 0 Å². The molecule has 0 unspecified atom stereocenters. The molecule has 0 aliphatic heterocycles. The van der Waals surface area contributed by atoms with Crippen molar-refractivity contribution in [1.29, 1.82) is 0 Å². The van der Waals surface area contributed by atoms with Gasteiger partial charge in [-0.05, 0) is 47.9 Å². The lowest BCUT2D eigenvalue weighted by atomic mass is 10.0. The minimum Gasteiger partial charge on any atom is -0.505 e. The molecule has 0 saturated carbocycles. The van der Waals surface area contributed by atoms with Crippen LogP contribution in [0.3, 0.4) is 0 Å². The summed E-state index contributed by atoms with van der Waals surface area (Å²) >= 11 is 1.36. The lowest BCUT2D eigenvalue weighted by Gasteiger charge is -2.11. The summed E-state index contributed by atoms with van der Waals surface area (Å²) in [4.78, 5) is 17.5. The fourth-order valence-electron chi connectivity index (χ4n) is 3.62. The van der Waals surface area contributed by atoms with E-state index in [2.05, 4.69) is 20.5 Å². The lowest BCUT2D eigenvalue weighted by molar-refractivity contribution is 0.102. The zero-order valence-electron chi connectivity index (χ0n) is 18.9. The van der Waals surface area contributed by atoms with Crippen LogP contribution in [-0.2, 0) is 0 Å². The van der Waals surface area contributed by atoms with Crippen LogP contribution in [0.15, 0.2) is 83.0 Å². The van der Waals surface area contributed by atoms with Gasteiger partial charge >= 0.3 is 0 Å². The molecule has 4 aromatic carbocycles. The van der Waals surface area contributed by atoms with Crippen molar-refractivity contribution in [2.75, 3.05) is 19.5 Å². The highest BCUT2D eigenvalue weighted by atomic mass is 32.1. The molecule has 1 aromatic heterocycles. The summed E-state index contributed by atoms with van der Waals surface area (Å²) in [5.74, 6) is 0.640.